The number of nitrogens with zero attached hydrogens (tertiary/aromatic N) is 3. The van der Waals surface area contributed by atoms with Gasteiger partial charge in [-0.3, -0.25) is 4.79 Å². The molecule has 0 unspecified atom stereocenters. The summed E-state index contributed by atoms with van der Waals surface area (Å²) in [6, 6.07) is 9.98. The van der Waals surface area contributed by atoms with Crippen LogP contribution in [0.3, 0.4) is 0 Å². The van der Waals surface area contributed by atoms with Crippen LogP contribution >= 0.6 is 0 Å². The Labute approximate surface area is 168 Å². The van der Waals surface area contributed by atoms with Crippen LogP contribution in [0.4, 0.5) is 17.1 Å². The minimum Gasteiger partial charge on any atom is -0.351 e. The smallest absolute Gasteiger partial charge is 0.276 e. The number of anilines is 3. The predicted octanol–water partition coefficient (Wildman–Crippen LogP) is 3.15. The number of sulfone groups is 1. The van der Waals surface area contributed by atoms with Crippen LogP contribution in [0.1, 0.15) is 34.9 Å². The summed E-state index contributed by atoms with van der Waals surface area (Å²) in [5, 5.41) is 5.80. The van der Waals surface area contributed by atoms with Crippen molar-refractivity contribution in [2.45, 2.75) is 23.7 Å². The summed E-state index contributed by atoms with van der Waals surface area (Å²) in [5.41, 5.74) is 2.34. The number of aromatic nitrogens is 3. The maximum Gasteiger partial charge on any atom is 0.276 e. The van der Waals surface area contributed by atoms with Gasteiger partial charge >= 0.3 is 0 Å². The van der Waals surface area contributed by atoms with Gasteiger partial charge in [-0.25, -0.2) is 23.4 Å². The van der Waals surface area contributed by atoms with Gasteiger partial charge < -0.3 is 10.6 Å². The van der Waals surface area contributed by atoms with Gasteiger partial charge in [-0.05, 0) is 37.1 Å². The Morgan fingerprint density at radius 1 is 1.03 bits per heavy atom. The lowest BCUT2D eigenvalue weighted by atomic mass is 10.2. The summed E-state index contributed by atoms with van der Waals surface area (Å²) in [5.74, 6) is -0.137. The lowest BCUT2D eigenvalue weighted by Gasteiger charge is -2.14. The van der Waals surface area contributed by atoms with Crippen LogP contribution in [-0.4, -0.2) is 35.5 Å². The van der Waals surface area contributed by atoms with E-state index in [0.717, 1.165) is 24.8 Å². The Bertz CT molecular complexity index is 1160. The number of benzene rings is 1. The largest absolute Gasteiger partial charge is 0.351 e. The molecule has 1 saturated carbocycles. The van der Waals surface area contributed by atoms with Gasteiger partial charge in [-0.2, -0.15) is 0 Å². The van der Waals surface area contributed by atoms with Gasteiger partial charge in [0.15, 0.2) is 15.5 Å². The second kappa shape index (κ2) is 7.59. The number of carbonyl (C=O) groups is 1. The highest BCUT2D eigenvalue weighted by Crippen LogP contribution is 2.39. The lowest BCUT2D eigenvalue weighted by molar-refractivity contribution is 0.102. The van der Waals surface area contributed by atoms with E-state index in [4.69, 9.17) is 0 Å². The van der Waals surface area contributed by atoms with E-state index in [1.165, 1.54) is 12.4 Å². The highest BCUT2D eigenvalue weighted by Gasteiger charge is 2.27. The van der Waals surface area contributed by atoms with Crippen LogP contribution < -0.4 is 10.6 Å². The van der Waals surface area contributed by atoms with Crippen molar-refractivity contribution in [1.82, 2.24) is 15.0 Å². The van der Waals surface area contributed by atoms with Gasteiger partial charge in [0.25, 0.3) is 5.91 Å². The minimum absolute atomic E-state index is 0.0534. The van der Waals surface area contributed by atoms with E-state index in [0.29, 0.717) is 17.3 Å². The number of nitrogens with one attached hydrogen (secondary N) is 2. The third-order valence-electron chi connectivity index (χ3n) is 4.50. The molecule has 3 aromatic rings. The standard InChI is InChI=1S/C20H19N5O3S/c1-29(27,28)18-5-3-2-4-16(18)25-20(26)19-17(23-14-10-21-12-22-11-14)9-8-15(24-19)13-6-7-13/h2-5,8-13,23H,6-7H2,1H3,(H,25,26). The molecule has 1 aromatic carbocycles. The Hall–Kier alpha value is -3.33. The van der Waals surface area contributed by atoms with E-state index in [1.54, 1.807) is 36.7 Å². The molecule has 1 aliphatic carbocycles. The number of hydrogen-bond donors (Lipinski definition) is 2. The first kappa shape index (κ1) is 19.0. The lowest BCUT2D eigenvalue weighted by Crippen LogP contribution is -2.18. The molecule has 148 valence electrons. The van der Waals surface area contributed by atoms with Crippen molar-refractivity contribution in [2.24, 2.45) is 0 Å². The van der Waals surface area contributed by atoms with Gasteiger partial charge in [0, 0.05) is 17.9 Å². The van der Waals surface area contributed by atoms with Crippen molar-refractivity contribution in [2.75, 3.05) is 16.9 Å². The molecule has 0 spiro atoms. The fourth-order valence-corrected chi connectivity index (χ4v) is 3.79. The van der Waals surface area contributed by atoms with Gasteiger partial charge in [-0.15, -0.1) is 0 Å². The predicted molar refractivity (Wildman–Crippen MR) is 109 cm³/mol. The Morgan fingerprint density at radius 2 is 1.76 bits per heavy atom. The summed E-state index contributed by atoms with van der Waals surface area (Å²) in [6.45, 7) is 0. The van der Waals surface area contributed by atoms with Gasteiger partial charge in [0.1, 0.15) is 6.33 Å². The van der Waals surface area contributed by atoms with E-state index in [2.05, 4.69) is 25.6 Å². The molecule has 29 heavy (non-hydrogen) atoms. The van der Waals surface area contributed by atoms with E-state index in [1.807, 2.05) is 6.07 Å². The van der Waals surface area contributed by atoms with E-state index in [9.17, 15) is 13.2 Å². The van der Waals surface area contributed by atoms with Crippen molar-refractivity contribution in [3.63, 3.8) is 0 Å². The number of hydrogen-bond acceptors (Lipinski definition) is 7. The van der Waals surface area contributed by atoms with Crippen LogP contribution in [0.5, 0.6) is 0 Å². The topological polar surface area (TPSA) is 114 Å². The molecule has 2 heterocycles. The van der Waals surface area contributed by atoms with Gasteiger partial charge in [0.05, 0.1) is 34.4 Å². The average molecular weight is 409 g/mol. The molecule has 0 radical (unpaired) electrons. The number of rotatable bonds is 6. The molecule has 1 fully saturated rings. The second-order valence-electron chi connectivity index (χ2n) is 6.88. The van der Waals surface area contributed by atoms with Crippen LogP contribution in [0.15, 0.2) is 60.0 Å². The van der Waals surface area contributed by atoms with Gasteiger partial charge in [-0.1, -0.05) is 12.1 Å². The average Bonchev–Trinajstić information content (AvgIpc) is 3.54. The zero-order valence-corrected chi connectivity index (χ0v) is 16.5. The highest BCUT2D eigenvalue weighted by molar-refractivity contribution is 7.90. The maximum absolute atomic E-state index is 13.1. The molecule has 1 aliphatic rings. The number of pyridine rings is 1. The number of carbonyl (C=O) groups excluding carboxylic acids is 1. The first-order valence-corrected chi connectivity index (χ1v) is 10.9. The van der Waals surface area contributed by atoms with Crippen LogP contribution in [0, 0.1) is 0 Å². The molecule has 0 bridgehead atoms. The summed E-state index contributed by atoms with van der Waals surface area (Å²) in [4.78, 5) is 25.6. The summed E-state index contributed by atoms with van der Waals surface area (Å²) < 4.78 is 24.1. The molecule has 1 amide bonds. The molecule has 8 nitrogen and oxygen atoms in total. The van der Waals surface area contributed by atoms with Crippen molar-refractivity contribution in [3.8, 4) is 0 Å². The van der Waals surface area contributed by atoms with E-state index < -0.39 is 15.7 Å². The minimum atomic E-state index is -3.50. The van der Waals surface area contributed by atoms with Gasteiger partial charge in [0.2, 0.25) is 0 Å². The fraction of sp³-hybridized carbons (Fsp3) is 0.200. The highest BCUT2D eigenvalue weighted by atomic mass is 32.2. The molecule has 4 rings (SSSR count). The Balaban J connectivity index is 1.69. The third-order valence-corrected chi connectivity index (χ3v) is 5.66. The fourth-order valence-electron chi connectivity index (χ4n) is 2.95. The normalized spacial score (nSPS) is 13.7. The van der Waals surface area contributed by atoms with Crippen molar-refractivity contribution < 1.29 is 13.2 Å². The molecular formula is C20H19N5O3S. The third kappa shape index (κ3) is 4.40. The van der Waals surface area contributed by atoms with Crippen LogP contribution in [-0.2, 0) is 9.84 Å². The SMILES string of the molecule is CS(=O)(=O)c1ccccc1NC(=O)c1nc(C2CC2)ccc1Nc1cncnc1. The van der Waals surface area contributed by atoms with E-state index >= 15 is 0 Å². The maximum atomic E-state index is 13.1. The van der Waals surface area contributed by atoms with Crippen molar-refractivity contribution in [1.29, 1.82) is 0 Å². The van der Waals surface area contributed by atoms with Crippen molar-refractivity contribution >= 4 is 32.8 Å². The first-order chi connectivity index (χ1) is 13.9. The number of amides is 1. The molecule has 9 heteroatoms. The van der Waals surface area contributed by atoms with Crippen LogP contribution in [0.2, 0.25) is 0 Å². The molecule has 2 N–H and O–H groups in total. The first-order valence-electron chi connectivity index (χ1n) is 9.05. The molecular weight excluding hydrogens is 390 g/mol. The zero-order chi connectivity index (χ0) is 20.4. The van der Waals surface area contributed by atoms with Crippen molar-refractivity contribution in [3.05, 3.63) is 66.5 Å². The second-order valence-corrected chi connectivity index (χ2v) is 8.87. The summed E-state index contributed by atoms with van der Waals surface area (Å²) in [7, 11) is -3.50. The zero-order valence-electron chi connectivity index (χ0n) is 15.7. The Morgan fingerprint density at radius 3 is 2.45 bits per heavy atom. The molecule has 0 atom stereocenters. The number of para-hydroxylation sites is 1. The summed E-state index contributed by atoms with van der Waals surface area (Å²) in [6.07, 6.45) is 7.78. The summed E-state index contributed by atoms with van der Waals surface area (Å²) >= 11 is 0. The molecule has 0 saturated heterocycles. The quantitative estimate of drug-likeness (QED) is 0.643. The molecule has 0 aliphatic heterocycles. The monoisotopic (exact) mass is 409 g/mol. The van der Waals surface area contributed by atoms with Crippen LogP contribution in [0.25, 0.3) is 0 Å². The Kier molecular flexibility index (Phi) is 4.98. The molecule has 2 aromatic heterocycles. The van der Waals surface area contributed by atoms with E-state index in [-0.39, 0.29) is 16.3 Å².